The molecule has 0 aromatic carbocycles. The van der Waals surface area contributed by atoms with Gasteiger partial charge in [0, 0.05) is 0 Å². The van der Waals surface area contributed by atoms with Crippen molar-refractivity contribution >= 4 is 23.3 Å². The van der Waals surface area contributed by atoms with Crippen LogP contribution in [0.1, 0.15) is 12.6 Å². The topological polar surface area (TPSA) is 54.0 Å². The molecular weight excluding hydrogens is 271 g/mol. The monoisotopic (exact) mass is 281 g/mol. The number of aromatic nitrogens is 1. The van der Waals surface area contributed by atoms with E-state index in [1.807, 2.05) is 0 Å². The van der Waals surface area contributed by atoms with E-state index in [9.17, 15) is 18.0 Å². The van der Waals surface area contributed by atoms with Crippen molar-refractivity contribution in [2.45, 2.75) is 26.1 Å². The molecule has 0 aliphatic rings. The third-order valence-corrected chi connectivity index (χ3v) is 2.35. The molecule has 8 heteroatoms. The molecule has 2 amide bonds. The number of anilines is 1. The van der Waals surface area contributed by atoms with Crippen molar-refractivity contribution in [3.05, 3.63) is 23.0 Å². The molecule has 0 saturated carbocycles. The number of urea groups is 1. The fourth-order valence-electron chi connectivity index (χ4n) is 1.10. The number of aryl methyl sites for hydroxylation is 1. The summed E-state index contributed by atoms with van der Waals surface area (Å²) in [5.41, 5.74) is 0.712. The molecule has 0 aliphatic carbocycles. The number of hydrogen-bond acceptors (Lipinski definition) is 2. The first-order valence-corrected chi connectivity index (χ1v) is 5.35. The molecule has 1 aromatic heterocycles. The highest BCUT2D eigenvalue weighted by Gasteiger charge is 2.37. The number of hydrogen-bond donors (Lipinski definition) is 2. The van der Waals surface area contributed by atoms with E-state index in [-0.39, 0.29) is 5.15 Å². The van der Waals surface area contributed by atoms with Gasteiger partial charge in [-0.05, 0) is 26.0 Å². The van der Waals surface area contributed by atoms with Crippen LogP contribution in [0.3, 0.4) is 0 Å². The zero-order chi connectivity index (χ0) is 13.9. The maximum atomic E-state index is 12.2. The van der Waals surface area contributed by atoms with Gasteiger partial charge in [0.15, 0.2) is 0 Å². The van der Waals surface area contributed by atoms with Gasteiger partial charge in [0.1, 0.15) is 11.2 Å². The predicted molar refractivity (Wildman–Crippen MR) is 61.7 cm³/mol. The summed E-state index contributed by atoms with van der Waals surface area (Å²) in [4.78, 5) is 15.2. The molecule has 2 N–H and O–H groups in total. The number of alkyl halides is 3. The Hall–Kier alpha value is -1.50. The van der Waals surface area contributed by atoms with E-state index in [0.29, 0.717) is 11.4 Å². The Bertz CT molecular complexity index is 450. The number of halogens is 4. The SMILES string of the molecule is Cc1nc(Cl)ccc1NC(=O)N[C@@H](C)C(F)(F)F. The maximum Gasteiger partial charge on any atom is 0.408 e. The highest BCUT2D eigenvalue weighted by molar-refractivity contribution is 6.29. The molecule has 4 nitrogen and oxygen atoms in total. The Labute approximate surface area is 107 Å². The summed E-state index contributed by atoms with van der Waals surface area (Å²) < 4.78 is 36.6. The fourth-order valence-corrected chi connectivity index (χ4v) is 1.29. The van der Waals surface area contributed by atoms with E-state index < -0.39 is 18.2 Å². The van der Waals surface area contributed by atoms with Gasteiger partial charge in [-0.2, -0.15) is 13.2 Å². The molecule has 0 radical (unpaired) electrons. The van der Waals surface area contributed by atoms with Crippen LogP contribution in [0.4, 0.5) is 23.7 Å². The van der Waals surface area contributed by atoms with Gasteiger partial charge in [0.2, 0.25) is 0 Å². The van der Waals surface area contributed by atoms with E-state index in [0.717, 1.165) is 6.92 Å². The Morgan fingerprint density at radius 1 is 1.44 bits per heavy atom. The Morgan fingerprint density at radius 2 is 2.06 bits per heavy atom. The lowest BCUT2D eigenvalue weighted by Gasteiger charge is -2.17. The number of carbonyl (C=O) groups excluding carboxylic acids is 1. The largest absolute Gasteiger partial charge is 0.408 e. The van der Waals surface area contributed by atoms with Crippen LogP contribution in [-0.2, 0) is 0 Å². The first kappa shape index (κ1) is 14.6. The zero-order valence-corrected chi connectivity index (χ0v) is 10.4. The average molecular weight is 282 g/mol. The molecule has 0 aliphatic heterocycles. The highest BCUT2D eigenvalue weighted by Crippen LogP contribution is 2.20. The third kappa shape index (κ3) is 4.06. The second-order valence-electron chi connectivity index (χ2n) is 3.63. The third-order valence-electron chi connectivity index (χ3n) is 2.14. The minimum Gasteiger partial charge on any atom is -0.326 e. The van der Waals surface area contributed by atoms with Crippen molar-refractivity contribution in [3.8, 4) is 0 Å². The van der Waals surface area contributed by atoms with Gasteiger partial charge in [-0.15, -0.1) is 0 Å². The minimum absolute atomic E-state index is 0.238. The Morgan fingerprint density at radius 3 is 2.56 bits per heavy atom. The number of nitrogens with one attached hydrogen (secondary N) is 2. The van der Waals surface area contributed by atoms with Crippen LogP contribution in [0.15, 0.2) is 12.1 Å². The van der Waals surface area contributed by atoms with Crippen LogP contribution in [0.2, 0.25) is 5.15 Å². The number of carbonyl (C=O) groups is 1. The second kappa shape index (κ2) is 5.43. The van der Waals surface area contributed by atoms with Gasteiger partial charge < -0.3 is 10.6 Å². The molecule has 18 heavy (non-hydrogen) atoms. The summed E-state index contributed by atoms with van der Waals surface area (Å²) in [6.07, 6.45) is -4.48. The number of rotatable bonds is 2. The molecule has 1 aromatic rings. The van der Waals surface area contributed by atoms with Crippen molar-refractivity contribution in [1.82, 2.24) is 10.3 Å². The van der Waals surface area contributed by atoms with Crippen LogP contribution in [0, 0.1) is 6.92 Å². The highest BCUT2D eigenvalue weighted by atomic mass is 35.5. The Kier molecular flexibility index (Phi) is 4.39. The number of nitrogens with zero attached hydrogens (tertiary/aromatic N) is 1. The lowest BCUT2D eigenvalue weighted by Crippen LogP contribution is -2.45. The molecule has 0 saturated heterocycles. The van der Waals surface area contributed by atoms with Crippen LogP contribution in [0.25, 0.3) is 0 Å². The van der Waals surface area contributed by atoms with E-state index in [1.165, 1.54) is 12.1 Å². The molecule has 1 heterocycles. The number of amides is 2. The summed E-state index contributed by atoms with van der Waals surface area (Å²) in [6.45, 7) is 2.43. The average Bonchev–Trinajstić information content (AvgIpc) is 2.20. The van der Waals surface area contributed by atoms with Crippen molar-refractivity contribution < 1.29 is 18.0 Å². The summed E-state index contributed by atoms with van der Waals surface area (Å²) >= 11 is 5.61. The fraction of sp³-hybridized carbons (Fsp3) is 0.400. The van der Waals surface area contributed by atoms with Gasteiger partial charge in [0.25, 0.3) is 0 Å². The van der Waals surface area contributed by atoms with Gasteiger partial charge in [-0.1, -0.05) is 11.6 Å². The van der Waals surface area contributed by atoms with E-state index in [4.69, 9.17) is 11.6 Å². The van der Waals surface area contributed by atoms with Crippen molar-refractivity contribution in [2.75, 3.05) is 5.32 Å². The van der Waals surface area contributed by atoms with Crippen molar-refractivity contribution in [1.29, 1.82) is 0 Å². The number of pyridine rings is 1. The maximum absolute atomic E-state index is 12.2. The summed E-state index contributed by atoms with van der Waals surface area (Å²) in [6, 6.07) is 0.00459. The summed E-state index contributed by atoms with van der Waals surface area (Å²) in [5, 5.41) is 4.28. The van der Waals surface area contributed by atoms with E-state index in [2.05, 4.69) is 10.3 Å². The minimum atomic E-state index is -4.48. The van der Waals surface area contributed by atoms with Crippen LogP contribution >= 0.6 is 11.6 Å². The lowest BCUT2D eigenvalue weighted by molar-refractivity contribution is -0.148. The molecule has 0 fully saturated rings. The van der Waals surface area contributed by atoms with E-state index in [1.54, 1.807) is 12.2 Å². The summed E-state index contributed by atoms with van der Waals surface area (Å²) in [5.74, 6) is 0. The zero-order valence-electron chi connectivity index (χ0n) is 9.60. The molecule has 1 atom stereocenters. The quantitative estimate of drug-likeness (QED) is 0.819. The summed E-state index contributed by atoms with van der Waals surface area (Å²) in [7, 11) is 0. The van der Waals surface area contributed by atoms with Gasteiger partial charge in [0.05, 0.1) is 11.4 Å². The Balaban J connectivity index is 2.65. The van der Waals surface area contributed by atoms with Gasteiger partial charge >= 0.3 is 12.2 Å². The molecule has 100 valence electrons. The van der Waals surface area contributed by atoms with Crippen molar-refractivity contribution in [2.24, 2.45) is 0 Å². The lowest BCUT2D eigenvalue weighted by atomic mass is 10.3. The van der Waals surface area contributed by atoms with Crippen LogP contribution in [-0.4, -0.2) is 23.2 Å². The van der Waals surface area contributed by atoms with Crippen LogP contribution in [0.5, 0.6) is 0 Å². The smallest absolute Gasteiger partial charge is 0.326 e. The van der Waals surface area contributed by atoms with Crippen LogP contribution < -0.4 is 10.6 Å². The molecular formula is C10H11ClF3N3O. The molecule has 0 unspecified atom stereocenters. The first-order chi connectivity index (χ1) is 8.20. The molecule has 1 rings (SSSR count). The standard InChI is InChI=1S/C10H11ClF3N3O/c1-5-7(3-4-8(11)15-5)17-9(18)16-6(2)10(12,13)14/h3-4,6H,1-2H3,(H2,16,17,18)/t6-/m0/s1. The van der Waals surface area contributed by atoms with Gasteiger partial charge in [-0.3, -0.25) is 0 Å². The first-order valence-electron chi connectivity index (χ1n) is 4.97. The molecule has 0 bridgehead atoms. The second-order valence-corrected chi connectivity index (χ2v) is 4.02. The normalized spacial score (nSPS) is 13.0. The predicted octanol–water partition coefficient (Wildman–Crippen LogP) is 3.12. The van der Waals surface area contributed by atoms with E-state index >= 15 is 0 Å². The molecule has 0 spiro atoms. The van der Waals surface area contributed by atoms with Gasteiger partial charge in [-0.25, -0.2) is 9.78 Å². The van der Waals surface area contributed by atoms with Crippen molar-refractivity contribution in [3.63, 3.8) is 0 Å².